The Kier molecular flexibility index (Phi) is 5.27. The first-order chi connectivity index (χ1) is 11.3. The average molecular weight is 341 g/mol. The highest BCUT2D eigenvalue weighted by Gasteiger charge is 2.23. The standard InChI is InChI=1S/C21H24N2.ClH/c1-15-10-11-19-18(14-15)17-8-5-9-20(21(17)23-19)22-13-12-16-6-3-2-4-7-16;/h2-4,6-7,10-11,14,20,22-23H,5,8-9,12-13H2,1H3;1H. The number of aromatic amines is 1. The normalized spacial score (nSPS) is 16.6. The molecule has 0 spiro atoms. The molecular formula is C21H25ClN2. The Bertz CT molecular complexity index is 807. The quantitative estimate of drug-likeness (QED) is 0.678. The van der Waals surface area contributed by atoms with Gasteiger partial charge in [0.1, 0.15) is 0 Å². The zero-order valence-electron chi connectivity index (χ0n) is 14.1. The molecule has 2 N–H and O–H groups in total. The van der Waals surface area contributed by atoms with Gasteiger partial charge in [-0.15, -0.1) is 12.4 Å². The molecule has 0 saturated heterocycles. The number of nitrogens with one attached hydrogen (secondary N) is 2. The summed E-state index contributed by atoms with van der Waals surface area (Å²) in [6.45, 7) is 3.21. The van der Waals surface area contributed by atoms with Crippen LogP contribution in [0.2, 0.25) is 0 Å². The van der Waals surface area contributed by atoms with Gasteiger partial charge in [-0.05, 0) is 62.4 Å². The second kappa shape index (κ2) is 7.42. The Morgan fingerprint density at radius 3 is 2.79 bits per heavy atom. The summed E-state index contributed by atoms with van der Waals surface area (Å²) >= 11 is 0. The number of aromatic nitrogens is 1. The Balaban J connectivity index is 0.00000169. The second-order valence-electron chi connectivity index (χ2n) is 6.70. The van der Waals surface area contributed by atoms with Crippen molar-refractivity contribution in [3.63, 3.8) is 0 Å². The smallest absolute Gasteiger partial charge is 0.0476 e. The number of H-pyrrole nitrogens is 1. The maximum absolute atomic E-state index is 3.77. The fourth-order valence-corrected chi connectivity index (χ4v) is 3.82. The Labute approximate surface area is 150 Å². The van der Waals surface area contributed by atoms with Crippen molar-refractivity contribution in [3.05, 3.63) is 70.9 Å². The van der Waals surface area contributed by atoms with Crippen LogP contribution in [0.4, 0.5) is 0 Å². The predicted molar refractivity (Wildman–Crippen MR) is 104 cm³/mol. The van der Waals surface area contributed by atoms with E-state index in [0.717, 1.165) is 13.0 Å². The van der Waals surface area contributed by atoms with E-state index < -0.39 is 0 Å². The summed E-state index contributed by atoms with van der Waals surface area (Å²) in [5.41, 5.74) is 7.00. The van der Waals surface area contributed by atoms with Crippen molar-refractivity contribution in [2.45, 2.75) is 38.6 Å². The van der Waals surface area contributed by atoms with Crippen molar-refractivity contribution in [2.24, 2.45) is 0 Å². The third-order valence-corrected chi connectivity index (χ3v) is 5.01. The molecule has 126 valence electrons. The summed E-state index contributed by atoms with van der Waals surface area (Å²) in [5, 5.41) is 5.20. The highest BCUT2D eigenvalue weighted by Crippen LogP contribution is 2.35. The minimum atomic E-state index is 0. The third-order valence-electron chi connectivity index (χ3n) is 5.01. The summed E-state index contributed by atoms with van der Waals surface area (Å²) in [6.07, 6.45) is 4.80. The Morgan fingerprint density at radius 2 is 1.96 bits per heavy atom. The van der Waals surface area contributed by atoms with Gasteiger partial charge in [0.2, 0.25) is 0 Å². The molecule has 0 fully saturated rings. The lowest BCUT2D eigenvalue weighted by atomic mass is 9.91. The van der Waals surface area contributed by atoms with Crippen LogP contribution in [0, 0.1) is 6.92 Å². The Morgan fingerprint density at radius 1 is 1.12 bits per heavy atom. The summed E-state index contributed by atoms with van der Waals surface area (Å²) in [7, 11) is 0. The lowest BCUT2D eigenvalue weighted by molar-refractivity contribution is 0.456. The van der Waals surface area contributed by atoms with Crippen molar-refractivity contribution in [2.75, 3.05) is 6.54 Å². The molecular weight excluding hydrogens is 316 g/mol. The number of fused-ring (bicyclic) bond motifs is 3. The van der Waals surface area contributed by atoms with Crippen molar-refractivity contribution in [1.29, 1.82) is 0 Å². The van der Waals surface area contributed by atoms with Crippen LogP contribution in [0.5, 0.6) is 0 Å². The maximum Gasteiger partial charge on any atom is 0.0476 e. The number of hydrogen-bond donors (Lipinski definition) is 2. The molecule has 0 saturated carbocycles. The van der Waals surface area contributed by atoms with E-state index in [1.165, 1.54) is 52.5 Å². The van der Waals surface area contributed by atoms with Crippen molar-refractivity contribution in [3.8, 4) is 0 Å². The molecule has 0 radical (unpaired) electrons. The first-order valence-electron chi connectivity index (χ1n) is 8.69. The fourth-order valence-electron chi connectivity index (χ4n) is 3.82. The molecule has 1 unspecified atom stereocenters. The second-order valence-corrected chi connectivity index (χ2v) is 6.70. The van der Waals surface area contributed by atoms with Crippen LogP contribution in [-0.2, 0) is 12.8 Å². The minimum absolute atomic E-state index is 0. The summed E-state index contributed by atoms with van der Waals surface area (Å²) < 4.78 is 0. The van der Waals surface area contributed by atoms with Gasteiger partial charge >= 0.3 is 0 Å². The van der Waals surface area contributed by atoms with Gasteiger partial charge < -0.3 is 10.3 Å². The predicted octanol–water partition coefficient (Wildman–Crippen LogP) is 5.11. The monoisotopic (exact) mass is 340 g/mol. The molecule has 3 heteroatoms. The topological polar surface area (TPSA) is 27.8 Å². The molecule has 2 aromatic carbocycles. The van der Waals surface area contributed by atoms with Crippen molar-refractivity contribution in [1.82, 2.24) is 10.3 Å². The van der Waals surface area contributed by atoms with Gasteiger partial charge in [-0.3, -0.25) is 0 Å². The van der Waals surface area contributed by atoms with Crippen molar-refractivity contribution < 1.29 is 0 Å². The first kappa shape index (κ1) is 17.1. The summed E-state index contributed by atoms with van der Waals surface area (Å²) in [4.78, 5) is 3.68. The number of aryl methyl sites for hydroxylation is 2. The Hall–Kier alpha value is -1.77. The summed E-state index contributed by atoms with van der Waals surface area (Å²) in [6, 6.07) is 18.0. The summed E-state index contributed by atoms with van der Waals surface area (Å²) in [5.74, 6) is 0. The zero-order chi connectivity index (χ0) is 15.6. The van der Waals surface area contributed by atoms with Gasteiger partial charge in [0.25, 0.3) is 0 Å². The van der Waals surface area contributed by atoms with Crippen LogP contribution in [0.15, 0.2) is 48.5 Å². The molecule has 1 atom stereocenters. The molecule has 1 aliphatic carbocycles. The molecule has 0 amide bonds. The number of benzene rings is 2. The van der Waals surface area contributed by atoms with E-state index in [0.29, 0.717) is 6.04 Å². The lowest BCUT2D eigenvalue weighted by Crippen LogP contribution is -2.27. The van der Waals surface area contributed by atoms with E-state index in [-0.39, 0.29) is 12.4 Å². The van der Waals surface area contributed by atoms with Crippen LogP contribution < -0.4 is 5.32 Å². The highest BCUT2D eigenvalue weighted by molar-refractivity contribution is 5.86. The number of hydrogen-bond acceptors (Lipinski definition) is 1. The fraction of sp³-hybridized carbons (Fsp3) is 0.333. The SMILES string of the molecule is Cc1ccc2[nH]c3c(c2c1)CCCC3NCCc1ccccc1.Cl. The van der Waals surface area contributed by atoms with E-state index in [9.17, 15) is 0 Å². The minimum Gasteiger partial charge on any atom is -0.357 e. The van der Waals surface area contributed by atoms with Gasteiger partial charge in [0.05, 0.1) is 0 Å². The number of halogens is 1. The van der Waals surface area contributed by atoms with Crippen LogP contribution in [0.25, 0.3) is 10.9 Å². The van der Waals surface area contributed by atoms with E-state index in [1.807, 2.05) is 0 Å². The zero-order valence-corrected chi connectivity index (χ0v) is 15.0. The van der Waals surface area contributed by atoms with Crippen LogP contribution in [0.1, 0.15) is 41.3 Å². The van der Waals surface area contributed by atoms with Gasteiger partial charge in [-0.1, -0.05) is 42.0 Å². The molecule has 0 aliphatic heterocycles. The van der Waals surface area contributed by atoms with Crippen LogP contribution in [0.3, 0.4) is 0 Å². The molecule has 3 aromatic rings. The van der Waals surface area contributed by atoms with Crippen molar-refractivity contribution >= 4 is 23.3 Å². The van der Waals surface area contributed by atoms with E-state index in [2.05, 4.69) is 65.8 Å². The average Bonchev–Trinajstić information content (AvgIpc) is 2.95. The first-order valence-corrected chi connectivity index (χ1v) is 8.69. The third kappa shape index (κ3) is 3.35. The van der Waals surface area contributed by atoms with E-state index in [4.69, 9.17) is 0 Å². The lowest BCUT2D eigenvalue weighted by Gasteiger charge is -2.24. The van der Waals surface area contributed by atoms with E-state index >= 15 is 0 Å². The van der Waals surface area contributed by atoms with Crippen LogP contribution >= 0.6 is 12.4 Å². The maximum atomic E-state index is 3.77. The van der Waals surface area contributed by atoms with E-state index in [1.54, 1.807) is 0 Å². The van der Waals surface area contributed by atoms with Gasteiger partial charge in [-0.2, -0.15) is 0 Å². The molecule has 4 rings (SSSR count). The molecule has 24 heavy (non-hydrogen) atoms. The molecule has 1 aliphatic rings. The molecule has 2 nitrogen and oxygen atoms in total. The molecule has 1 heterocycles. The van der Waals surface area contributed by atoms with Crippen LogP contribution in [-0.4, -0.2) is 11.5 Å². The van der Waals surface area contributed by atoms with Gasteiger partial charge in [0.15, 0.2) is 0 Å². The number of rotatable bonds is 4. The van der Waals surface area contributed by atoms with Gasteiger partial charge in [-0.25, -0.2) is 0 Å². The highest BCUT2D eigenvalue weighted by atomic mass is 35.5. The van der Waals surface area contributed by atoms with Gasteiger partial charge in [0, 0.05) is 22.6 Å². The molecule has 0 bridgehead atoms. The largest absolute Gasteiger partial charge is 0.357 e. The molecule has 1 aromatic heterocycles.